The maximum atomic E-state index is 14.6. The molecule has 270 valence electrons. The first kappa shape index (κ1) is 36.7. The highest BCUT2D eigenvalue weighted by Crippen LogP contribution is 2.37. The molecule has 0 spiro atoms. The molecule has 3 aromatic rings. The van der Waals surface area contributed by atoms with Crippen molar-refractivity contribution in [1.29, 1.82) is 0 Å². The van der Waals surface area contributed by atoms with Crippen molar-refractivity contribution in [1.82, 2.24) is 15.1 Å². The Morgan fingerprint density at radius 3 is 2.33 bits per heavy atom. The number of aryl methyl sites for hydroxylation is 1. The van der Waals surface area contributed by atoms with Crippen molar-refractivity contribution in [3.63, 3.8) is 0 Å². The van der Waals surface area contributed by atoms with Gasteiger partial charge in [0, 0.05) is 43.4 Å². The largest absolute Gasteiger partial charge is 0.492 e. The van der Waals surface area contributed by atoms with Crippen LogP contribution in [0.4, 0.5) is 8.78 Å². The van der Waals surface area contributed by atoms with Gasteiger partial charge in [-0.2, -0.15) is 0 Å². The van der Waals surface area contributed by atoms with E-state index in [0.717, 1.165) is 47.9 Å². The Hall–Kier alpha value is -4.13. The molecular weight excluding hydrogens is 724 g/mol. The van der Waals surface area contributed by atoms with Crippen molar-refractivity contribution in [2.24, 2.45) is 0 Å². The fraction of sp³-hybridized carbons (Fsp3) is 0.410. The minimum absolute atomic E-state index is 0.0875. The molecule has 2 fully saturated rings. The predicted molar refractivity (Wildman–Crippen MR) is 191 cm³/mol. The van der Waals surface area contributed by atoms with Gasteiger partial charge in [0.05, 0.1) is 36.1 Å². The van der Waals surface area contributed by atoms with Crippen LogP contribution in [0.5, 0.6) is 5.75 Å². The Bertz CT molecular complexity index is 1770. The molecule has 3 aliphatic rings. The maximum absolute atomic E-state index is 14.6. The average molecular weight is 767 g/mol. The minimum Gasteiger partial charge on any atom is -0.492 e. The predicted octanol–water partition coefficient (Wildman–Crippen LogP) is 5.52. The number of carbonyl (C=O) groups excluding carboxylic acids is 2. The van der Waals surface area contributed by atoms with E-state index in [1.165, 1.54) is 24.3 Å². The summed E-state index contributed by atoms with van der Waals surface area (Å²) in [6.07, 6.45) is 2.24. The van der Waals surface area contributed by atoms with Gasteiger partial charge in [-0.15, -0.1) is 0 Å². The first-order valence-electron chi connectivity index (χ1n) is 17.4. The summed E-state index contributed by atoms with van der Waals surface area (Å²) in [5, 5.41) is 22.8. The molecule has 2 amide bonds. The van der Waals surface area contributed by atoms with Crippen molar-refractivity contribution in [2.75, 3.05) is 26.2 Å². The molecule has 3 aromatic carbocycles. The lowest BCUT2D eigenvalue weighted by molar-refractivity contribution is -0.141. The Balaban J connectivity index is 1.21. The zero-order chi connectivity index (χ0) is 36.1. The van der Waals surface area contributed by atoms with E-state index in [-0.39, 0.29) is 48.5 Å². The van der Waals surface area contributed by atoms with E-state index in [1.54, 1.807) is 23.1 Å². The molecule has 51 heavy (non-hydrogen) atoms. The van der Waals surface area contributed by atoms with Crippen LogP contribution in [0.3, 0.4) is 0 Å². The summed E-state index contributed by atoms with van der Waals surface area (Å²) in [6.45, 7) is 1.48. The monoisotopic (exact) mass is 765 g/mol. The first-order chi connectivity index (χ1) is 24.5. The van der Waals surface area contributed by atoms with Gasteiger partial charge in [0.2, 0.25) is 5.91 Å². The molecular formula is C39H42BrF2N3O6. The van der Waals surface area contributed by atoms with E-state index in [9.17, 15) is 28.3 Å². The van der Waals surface area contributed by atoms with Crippen LogP contribution in [-0.2, 0) is 27.2 Å². The van der Waals surface area contributed by atoms with Crippen LogP contribution in [0, 0.1) is 11.6 Å². The molecule has 1 saturated heterocycles. The van der Waals surface area contributed by atoms with Gasteiger partial charge in [0.25, 0.3) is 5.91 Å². The molecule has 0 radical (unpaired) electrons. The molecule has 3 atom stereocenters. The normalized spacial score (nSPS) is 19.1. The third-order valence-corrected chi connectivity index (χ3v) is 10.3. The number of nitrogens with one attached hydrogen (secondary N) is 1. The molecule has 1 aliphatic carbocycles. The van der Waals surface area contributed by atoms with Crippen molar-refractivity contribution in [2.45, 2.75) is 75.6 Å². The highest BCUT2D eigenvalue weighted by atomic mass is 79.9. The SMILES string of the molecule is O=C(O)C[C@H](O)CC(=O)N1C[C@H]2CC(c3ccc(CCCOc4cc(F)ccc4Br)cc3)=C(C(=O)N(CCc3ccc(F)cc3)C3CC3)[C@@H](C1)N2. The third-order valence-electron chi connectivity index (χ3n) is 9.67. The van der Waals surface area contributed by atoms with Crippen molar-refractivity contribution >= 4 is 39.3 Å². The van der Waals surface area contributed by atoms with E-state index < -0.39 is 24.5 Å². The van der Waals surface area contributed by atoms with Crippen molar-refractivity contribution < 1.29 is 38.1 Å². The lowest BCUT2D eigenvalue weighted by Gasteiger charge is -2.45. The highest BCUT2D eigenvalue weighted by Gasteiger charge is 2.43. The number of piperazine rings is 1. The molecule has 2 heterocycles. The number of aliphatic hydroxyl groups excluding tert-OH is 1. The van der Waals surface area contributed by atoms with E-state index in [0.29, 0.717) is 48.3 Å². The number of benzene rings is 3. The Morgan fingerprint density at radius 1 is 0.941 bits per heavy atom. The summed E-state index contributed by atoms with van der Waals surface area (Å²) in [4.78, 5) is 42.5. The van der Waals surface area contributed by atoms with Crippen LogP contribution < -0.4 is 10.1 Å². The van der Waals surface area contributed by atoms with Gasteiger partial charge in [-0.1, -0.05) is 36.4 Å². The lowest BCUT2D eigenvalue weighted by Crippen LogP contribution is -2.62. The molecule has 9 nitrogen and oxygen atoms in total. The summed E-state index contributed by atoms with van der Waals surface area (Å²) < 4.78 is 33.7. The van der Waals surface area contributed by atoms with Crippen LogP contribution in [-0.4, -0.2) is 88.3 Å². The number of aliphatic hydroxyl groups is 1. The molecule has 0 unspecified atom stereocenters. The molecule has 3 N–H and O–H groups in total. The van der Waals surface area contributed by atoms with Crippen molar-refractivity contribution in [3.8, 4) is 5.75 Å². The minimum atomic E-state index is -1.29. The number of rotatable bonds is 15. The Labute approximate surface area is 304 Å². The number of halogens is 3. The number of hydrogen-bond acceptors (Lipinski definition) is 6. The summed E-state index contributed by atoms with van der Waals surface area (Å²) in [5.74, 6) is -1.82. The Morgan fingerprint density at radius 2 is 1.63 bits per heavy atom. The second-order valence-electron chi connectivity index (χ2n) is 13.6. The van der Waals surface area contributed by atoms with Crippen LogP contribution in [0.1, 0.15) is 55.2 Å². The van der Waals surface area contributed by atoms with Gasteiger partial charge >= 0.3 is 5.97 Å². The van der Waals surface area contributed by atoms with Crippen LogP contribution in [0.15, 0.2) is 76.8 Å². The number of amides is 2. The van der Waals surface area contributed by atoms with Gasteiger partial charge in [0.1, 0.15) is 17.4 Å². The summed E-state index contributed by atoms with van der Waals surface area (Å²) >= 11 is 3.39. The van der Waals surface area contributed by atoms with Gasteiger partial charge in [-0.25, -0.2) is 8.78 Å². The fourth-order valence-electron chi connectivity index (χ4n) is 6.99. The first-order valence-corrected chi connectivity index (χ1v) is 18.2. The number of carboxylic acids is 1. The van der Waals surface area contributed by atoms with Crippen molar-refractivity contribution in [3.05, 3.63) is 105 Å². The number of ether oxygens (including phenoxy) is 1. The van der Waals surface area contributed by atoms with Gasteiger partial charge < -0.3 is 30.1 Å². The Kier molecular flexibility index (Phi) is 11.8. The number of carbonyl (C=O) groups is 3. The number of fused-ring (bicyclic) bond motifs is 2. The van der Waals surface area contributed by atoms with Gasteiger partial charge in [0.15, 0.2) is 0 Å². The summed E-state index contributed by atoms with van der Waals surface area (Å²) in [7, 11) is 0. The molecule has 2 aliphatic heterocycles. The topological polar surface area (TPSA) is 119 Å². The van der Waals surface area contributed by atoms with Crippen LogP contribution in [0.25, 0.3) is 5.57 Å². The molecule has 6 rings (SSSR count). The maximum Gasteiger partial charge on any atom is 0.305 e. The smallest absolute Gasteiger partial charge is 0.305 e. The molecule has 1 saturated carbocycles. The zero-order valence-electron chi connectivity index (χ0n) is 28.2. The zero-order valence-corrected chi connectivity index (χ0v) is 29.8. The fourth-order valence-corrected chi connectivity index (χ4v) is 7.35. The number of nitrogens with zero attached hydrogens (tertiary/aromatic N) is 2. The summed E-state index contributed by atoms with van der Waals surface area (Å²) in [6, 6.07) is 18.3. The van der Waals surface area contributed by atoms with Crippen LogP contribution in [0.2, 0.25) is 0 Å². The summed E-state index contributed by atoms with van der Waals surface area (Å²) in [5.41, 5.74) is 4.51. The van der Waals surface area contributed by atoms with E-state index in [2.05, 4.69) is 21.2 Å². The molecule has 2 bridgehead atoms. The quantitative estimate of drug-likeness (QED) is 0.174. The molecule has 12 heteroatoms. The van der Waals surface area contributed by atoms with Gasteiger partial charge in [-0.3, -0.25) is 14.4 Å². The number of carboxylic acid groups (broad SMARTS) is 1. The number of hydrogen-bond donors (Lipinski definition) is 3. The average Bonchev–Trinajstić information content (AvgIpc) is 3.94. The second-order valence-corrected chi connectivity index (χ2v) is 14.5. The highest BCUT2D eigenvalue weighted by molar-refractivity contribution is 9.10. The van der Waals surface area contributed by atoms with E-state index in [1.807, 2.05) is 29.2 Å². The second kappa shape index (κ2) is 16.5. The number of aliphatic carboxylic acids is 1. The van der Waals surface area contributed by atoms with E-state index >= 15 is 0 Å². The third kappa shape index (κ3) is 9.61. The van der Waals surface area contributed by atoms with Crippen LogP contribution >= 0.6 is 15.9 Å². The van der Waals surface area contributed by atoms with Gasteiger partial charge in [-0.05, 0) is 101 Å². The van der Waals surface area contributed by atoms with E-state index in [4.69, 9.17) is 9.84 Å². The standard InChI is InChI=1S/C39H42BrF2N3O6/c40-33-14-11-28(42)18-35(33)51-17-1-2-24-3-7-26(8-4-24)32-19-29-22-44(36(47)20-31(46)21-37(48)49)23-34(43-29)38(32)39(50)45(30-12-13-30)16-15-25-5-9-27(41)10-6-25/h3-11,14,18,29-31,34,43,46H,1-2,12-13,15-17,19-23H2,(H,48,49)/t29-,31-,34-/m1/s1. The lowest BCUT2D eigenvalue weighted by atomic mass is 9.82. The molecule has 0 aromatic heterocycles.